The van der Waals surface area contributed by atoms with E-state index in [4.69, 9.17) is 18.9 Å². The fourth-order valence-electron chi connectivity index (χ4n) is 1.55. The average molecular weight is 218 g/mol. The van der Waals surface area contributed by atoms with Gasteiger partial charge in [-0.05, 0) is 0 Å². The van der Waals surface area contributed by atoms with Crippen LogP contribution in [-0.2, 0) is 18.9 Å². The monoisotopic (exact) mass is 218 g/mol. The second kappa shape index (κ2) is 3.28. The van der Waals surface area contributed by atoms with E-state index in [1.807, 2.05) is 24.3 Å². The first-order valence-corrected chi connectivity index (χ1v) is 4.89. The van der Waals surface area contributed by atoms with Gasteiger partial charge in [0.05, 0.1) is 0 Å². The van der Waals surface area contributed by atoms with E-state index >= 15 is 0 Å². The maximum atomic E-state index is 5.36. The van der Waals surface area contributed by atoms with Crippen LogP contribution in [0.5, 0.6) is 0 Å². The van der Waals surface area contributed by atoms with Gasteiger partial charge in [0.2, 0.25) is 0 Å². The van der Waals surface area contributed by atoms with Crippen molar-refractivity contribution in [3.05, 3.63) is 47.0 Å². The molecule has 3 rings (SSSR count). The molecule has 0 aromatic heterocycles. The Bertz CT molecular complexity index is 509. The van der Waals surface area contributed by atoms with Crippen LogP contribution >= 0.6 is 0 Å². The zero-order valence-corrected chi connectivity index (χ0v) is 8.51. The first-order valence-electron chi connectivity index (χ1n) is 4.89. The number of ether oxygens (including phenoxy) is 4. The second-order valence-electron chi connectivity index (χ2n) is 3.53. The van der Waals surface area contributed by atoms with Gasteiger partial charge in [0.1, 0.15) is 24.9 Å². The van der Waals surface area contributed by atoms with E-state index in [1.54, 1.807) is 12.5 Å². The van der Waals surface area contributed by atoms with Gasteiger partial charge in [-0.2, -0.15) is 0 Å². The van der Waals surface area contributed by atoms with Crippen molar-refractivity contribution in [3.8, 4) is 0 Å². The lowest BCUT2D eigenvalue weighted by Gasteiger charge is -2.21. The quantitative estimate of drug-likeness (QED) is 0.631. The Kier molecular flexibility index (Phi) is 1.91. The highest BCUT2D eigenvalue weighted by molar-refractivity contribution is 5.27. The highest BCUT2D eigenvalue weighted by Gasteiger charge is 2.45. The molecule has 2 heterocycles. The van der Waals surface area contributed by atoms with E-state index in [9.17, 15) is 0 Å². The van der Waals surface area contributed by atoms with Crippen molar-refractivity contribution in [2.75, 3.05) is 6.61 Å². The molecule has 16 heavy (non-hydrogen) atoms. The van der Waals surface area contributed by atoms with Crippen LogP contribution in [0.4, 0.5) is 0 Å². The zero-order valence-electron chi connectivity index (χ0n) is 8.51. The van der Waals surface area contributed by atoms with Gasteiger partial charge in [0.25, 0.3) is 0 Å². The summed E-state index contributed by atoms with van der Waals surface area (Å²) in [4.78, 5) is 0. The van der Waals surface area contributed by atoms with Gasteiger partial charge in [0, 0.05) is 10.4 Å². The summed E-state index contributed by atoms with van der Waals surface area (Å²) in [6.07, 6.45) is 1.60. The molecule has 4 heteroatoms. The molecule has 0 bridgehead atoms. The lowest BCUT2D eigenvalue weighted by atomic mass is 10.3. The van der Waals surface area contributed by atoms with E-state index in [1.165, 1.54) is 0 Å². The molecule has 0 atom stereocenters. The molecule has 1 aromatic rings. The van der Waals surface area contributed by atoms with Gasteiger partial charge in [-0.15, -0.1) is 0 Å². The van der Waals surface area contributed by atoms with E-state index in [2.05, 4.69) is 6.58 Å². The first-order chi connectivity index (χ1) is 7.77. The fraction of sp³-hybridized carbons (Fsp3) is 0.167. The molecular formula is C12H10O4. The maximum absolute atomic E-state index is 5.36. The summed E-state index contributed by atoms with van der Waals surface area (Å²) in [7, 11) is 0. The number of fused-ring (bicyclic) bond motifs is 1. The molecule has 0 aliphatic carbocycles. The topological polar surface area (TPSA) is 36.9 Å². The predicted octanol–water partition coefficient (Wildman–Crippen LogP) is 0.381. The van der Waals surface area contributed by atoms with Crippen LogP contribution in [0.25, 0.3) is 12.5 Å². The van der Waals surface area contributed by atoms with Crippen LogP contribution in [0.15, 0.2) is 36.6 Å². The molecule has 0 amide bonds. The van der Waals surface area contributed by atoms with Crippen LogP contribution < -0.4 is 10.4 Å². The summed E-state index contributed by atoms with van der Waals surface area (Å²) in [5.41, 5.74) is 0. The van der Waals surface area contributed by atoms with E-state index < -0.39 is 6.16 Å². The van der Waals surface area contributed by atoms with Crippen LogP contribution in [0.1, 0.15) is 0 Å². The van der Waals surface area contributed by atoms with Gasteiger partial charge in [0.15, 0.2) is 0 Å². The number of hydrogen-bond donors (Lipinski definition) is 0. The highest BCUT2D eigenvalue weighted by Crippen LogP contribution is 2.28. The Morgan fingerprint density at radius 3 is 2.19 bits per heavy atom. The average Bonchev–Trinajstić information content (AvgIpc) is 2.56. The minimum atomic E-state index is -1.50. The van der Waals surface area contributed by atoms with Gasteiger partial charge < -0.3 is 14.2 Å². The summed E-state index contributed by atoms with van der Waals surface area (Å²) in [5, 5.41) is 1.81. The van der Waals surface area contributed by atoms with Crippen molar-refractivity contribution < 1.29 is 18.9 Å². The minimum Gasteiger partial charge on any atom is -0.404 e. The molecule has 2 aliphatic rings. The Balaban J connectivity index is 2.03. The van der Waals surface area contributed by atoms with Gasteiger partial charge in [-0.1, -0.05) is 30.8 Å². The molecule has 0 unspecified atom stereocenters. The Hall–Kier alpha value is -1.94. The third-order valence-corrected chi connectivity index (χ3v) is 2.34. The highest BCUT2D eigenvalue weighted by atomic mass is 17.0. The molecular weight excluding hydrogens is 208 g/mol. The Morgan fingerprint density at radius 2 is 1.69 bits per heavy atom. The molecule has 2 aliphatic heterocycles. The minimum absolute atomic E-state index is 0.262. The van der Waals surface area contributed by atoms with Crippen molar-refractivity contribution in [1.29, 1.82) is 0 Å². The van der Waals surface area contributed by atoms with Crippen LogP contribution in [0, 0.1) is 0 Å². The summed E-state index contributed by atoms with van der Waals surface area (Å²) in [6.45, 7) is 3.91. The smallest absolute Gasteiger partial charge is 0.404 e. The molecule has 0 N–H and O–H groups in total. The second-order valence-corrected chi connectivity index (χ2v) is 3.53. The summed E-state index contributed by atoms with van der Waals surface area (Å²) < 4.78 is 21.3. The van der Waals surface area contributed by atoms with Crippen molar-refractivity contribution in [1.82, 2.24) is 0 Å². The van der Waals surface area contributed by atoms with Gasteiger partial charge in [-0.3, -0.25) is 4.74 Å². The molecule has 1 saturated heterocycles. The van der Waals surface area contributed by atoms with E-state index in [0.717, 1.165) is 10.4 Å². The van der Waals surface area contributed by atoms with Crippen molar-refractivity contribution in [2.24, 2.45) is 0 Å². The van der Waals surface area contributed by atoms with Crippen molar-refractivity contribution in [2.45, 2.75) is 6.16 Å². The summed E-state index contributed by atoms with van der Waals surface area (Å²) in [5.74, 6) is 0.479. The number of rotatable bonds is 0. The largest absolute Gasteiger partial charge is 0.559 e. The maximum Gasteiger partial charge on any atom is 0.559 e. The van der Waals surface area contributed by atoms with Crippen LogP contribution in [0.3, 0.4) is 0 Å². The first kappa shape index (κ1) is 9.30. The van der Waals surface area contributed by atoms with Crippen molar-refractivity contribution >= 4 is 12.5 Å². The standard InChI is InChI=1S/C12H10O4/c1-9-6-13-12(16-9)14-7-10-4-2-3-5-11(10)8-15-12/h2-5,7-8H,1,6H2. The fourth-order valence-corrected chi connectivity index (χ4v) is 1.55. The van der Waals surface area contributed by atoms with Crippen LogP contribution in [-0.4, -0.2) is 12.8 Å². The van der Waals surface area contributed by atoms with Crippen LogP contribution in [0.2, 0.25) is 0 Å². The molecule has 4 nitrogen and oxygen atoms in total. The Morgan fingerprint density at radius 1 is 1.06 bits per heavy atom. The molecule has 1 fully saturated rings. The molecule has 82 valence electrons. The third kappa shape index (κ3) is 1.44. The van der Waals surface area contributed by atoms with E-state index in [0.29, 0.717) is 5.76 Å². The van der Waals surface area contributed by atoms with Crippen molar-refractivity contribution in [3.63, 3.8) is 0 Å². The third-order valence-electron chi connectivity index (χ3n) is 2.34. The normalized spacial score (nSPS) is 20.6. The molecule has 1 spiro atoms. The SMILES string of the molecule is C=C1COC2(OC=c3ccccc3=CO2)O1. The zero-order chi connectivity index (χ0) is 11.0. The summed E-state index contributed by atoms with van der Waals surface area (Å²) >= 11 is 0. The number of hydrogen-bond acceptors (Lipinski definition) is 4. The van der Waals surface area contributed by atoms with E-state index in [-0.39, 0.29) is 6.61 Å². The van der Waals surface area contributed by atoms with Gasteiger partial charge >= 0.3 is 6.16 Å². The summed E-state index contributed by atoms with van der Waals surface area (Å²) in [6, 6.07) is 7.66. The molecule has 0 saturated carbocycles. The van der Waals surface area contributed by atoms with Gasteiger partial charge in [-0.25, -0.2) is 0 Å². The molecule has 0 radical (unpaired) electrons. The Labute approximate surface area is 92.0 Å². The number of benzene rings is 1. The predicted molar refractivity (Wildman–Crippen MR) is 55.7 cm³/mol. The lowest BCUT2D eigenvalue weighted by molar-refractivity contribution is -0.409. The molecule has 1 aromatic carbocycles. The lowest BCUT2D eigenvalue weighted by Crippen LogP contribution is -2.32.